The summed E-state index contributed by atoms with van der Waals surface area (Å²) in [5.74, 6) is 1.21. The van der Waals surface area contributed by atoms with Crippen LogP contribution < -0.4 is 19.9 Å². The molecule has 2 N–H and O–H groups in total. The molecule has 0 heterocycles. The number of benzene rings is 1. The Hall–Kier alpha value is -1.75. The first-order valence-electron chi connectivity index (χ1n) is 6.17. The summed E-state index contributed by atoms with van der Waals surface area (Å²) in [5.41, 5.74) is 6.13. The van der Waals surface area contributed by atoms with Crippen molar-refractivity contribution in [1.82, 2.24) is 0 Å². The van der Waals surface area contributed by atoms with Crippen molar-refractivity contribution < 1.29 is 19.0 Å². The van der Waals surface area contributed by atoms with Crippen molar-refractivity contribution in [3.63, 3.8) is 0 Å². The second-order valence-corrected chi connectivity index (χ2v) is 4.12. The summed E-state index contributed by atoms with van der Waals surface area (Å²) in [6.07, 6.45) is 0.700. The van der Waals surface area contributed by atoms with Crippen molar-refractivity contribution >= 4 is 5.78 Å². The van der Waals surface area contributed by atoms with Gasteiger partial charge in [0.05, 0.1) is 21.3 Å². The average molecular weight is 267 g/mol. The standard InChI is InChI=1S/C14H21NO4/c1-5-9(8-15)13(16)10-6-11(17-2)14(19-4)12(7-10)18-3/h6-7,9H,5,8,15H2,1-4H3. The van der Waals surface area contributed by atoms with Crippen LogP contribution in [-0.2, 0) is 0 Å². The minimum Gasteiger partial charge on any atom is -0.493 e. The topological polar surface area (TPSA) is 70.8 Å². The van der Waals surface area contributed by atoms with Crippen LogP contribution in [0, 0.1) is 5.92 Å². The van der Waals surface area contributed by atoms with E-state index < -0.39 is 0 Å². The Balaban J connectivity index is 3.26. The maximum Gasteiger partial charge on any atom is 0.203 e. The van der Waals surface area contributed by atoms with E-state index in [1.165, 1.54) is 21.3 Å². The molecule has 0 aliphatic heterocycles. The van der Waals surface area contributed by atoms with Gasteiger partial charge in [0.1, 0.15) is 0 Å². The minimum atomic E-state index is -0.192. The monoisotopic (exact) mass is 267 g/mol. The van der Waals surface area contributed by atoms with Gasteiger partial charge >= 0.3 is 0 Å². The van der Waals surface area contributed by atoms with Gasteiger partial charge in [-0.05, 0) is 18.6 Å². The Labute approximate surface area is 113 Å². The smallest absolute Gasteiger partial charge is 0.203 e. The molecule has 1 unspecified atom stereocenters. The highest BCUT2D eigenvalue weighted by Gasteiger charge is 2.21. The summed E-state index contributed by atoms with van der Waals surface area (Å²) in [6, 6.07) is 3.31. The Morgan fingerprint density at radius 2 is 1.68 bits per heavy atom. The van der Waals surface area contributed by atoms with Crippen LogP contribution in [0.1, 0.15) is 23.7 Å². The van der Waals surface area contributed by atoms with Crippen LogP contribution >= 0.6 is 0 Å². The fourth-order valence-corrected chi connectivity index (χ4v) is 1.92. The lowest BCUT2D eigenvalue weighted by molar-refractivity contribution is 0.0920. The molecular formula is C14H21NO4. The van der Waals surface area contributed by atoms with Gasteiger partial charge in [-0.1, -0.05) is 6.92 Å². The number of hydrogen-bond acceptors (Lipinski definition) is 5. The molecule has 0 aliphatic carbocycles. The lowest BCUT2D eigenvalue weighted by Gasteiger charge is -2.16. The molecule has 1 atom stereocenters. The molecular weight excluding hydrogens is 246 g/mol. The third kappa shape index (κ3) is 3.17. The quantitative estimate of drug-likeness (QED) is 0.764. The molecule has 0 saturated carbocycles. The molecule has 0 bridgehead atoms. The van der Waals surface area contributed by atoms with Crippen molar-refractivity contribution in [1.29, 1.82) is 0 Å². The number of methoxy groups -OCH3 is 3. The van der Waals surface area contributed by atoms with Gasteiger partial charge in [-0.15, -0.1) is 0 Å². The van der Waals surface area contributed by atoms with Gasteiger partial charge in [0.15, 0.2) is 17.3 Å². The van der Waals surface area contributed by atoms with Crippen LogP contribution in [0.3, 0.4) is 0 Å². The molecule has 0 saturated heterocycles. The number of carbonyl (C=O) groups is 1. The van der Waals surface area contributed by atoms with Crippen molar-refractivity contribution in [3.8, 4) is 17.2 Å². The first-order chi connectivity index (χ1) is 9.12. The molecule has 106 valence electrons. The predicted molar refractivity (Wildman–Crippen MR) is 73.3 cm³/mol. The Kier molecular flexibility index (Phi) is 5.63. The van der Waals surface area contributed by atoms with E-state index in [1.807, 2.05) is 6.92 Å². The molecule has 1 aromatic rings. The van der Waals surface area contributed by atoms with Crippen LogP contribution in [-0.4, -0.2) is 33.7 Å². The van der Waals surface area contributed by atoms with Crippen LogP contribution in [0.5, 0.6) is 17.2 Å². The molecule has 0 aliphatic rings. The summed E-state index contributed by atoms with van der Waals surface area (Å²) in [4.78, 5) is 12.3. The first-order valence-corrected chi connectivity index (χ1v) is 6.17. The van der Waals surface area contributed by atoms with Crippen molar-refractivity contribution in [2.75, 3.05) is 27.9 Å². The summed E-state index contributed by atoms with van der Waals surface area (Å²) < 4.78 is 15.7. The lowest BCUT2D eigenvalue weighted by atomic mass is 9.95. The Morgan fingerprint density at radius 1 is 1.16 bits per heavy atom. The lowest BCUT2D eigenvalue weighted by Crippen LogP contribution is -2.23. The van der Waals surface area contributed by atoms with Gasteiger partial charge in [-0.2, -0.15) is 0 Å². The van der Waals surface area contributed by atoms with E-state index in [1.54, 1.807) is 12.1 Å². The van der Waals surface area contributed by atoms with Gasteiger partial charge < -0.3 is 19.9 Å². The zero-order valence-electron chi connectivity index (χ0n) is 11.9. The summed E-state index contributed by atoms with van der Waals surface area (Å²) in [7, 11) is 4.56. The number of ketones is 1. The van der Waals surface area contributed by atoms with E-state index in [9.17, 15) is 4.79 Å². The Bertz CT molecular complexity index is 416. The van der Waals surface area contributed by atoms with Gasteiger partial charge in [0, 0.05) is 18.0 Å². The van der Waals surface area contributed by atoms with Crippen molar-refractivity contribution in [2.45, 2.75) is 13.3 Å². The molecule has 1 rings (SSSR count). The largest absolute Gasteiger partial charge is 0.493 e. The summed E-state index contributed by atoms with van der Waals surface area (Å²) >= 11 is 0. The predicted octanol–water partition coefficient (Wildman–Crippen LogP) is 1.88. The molecule has 5 heteroatoms. The zero-order chi connectivity index (χ0) is 14.4. The molecule has 1 aromatic carbocycles. The van der Waals surface area contributed by atoms with E-state index in [2.05, 4.69) is 0 Å². The maximum absolute atomic E-state index is 12.3. The second kappa shape index (κ2) is 6.99. The van der Waals surface area contributed by atoms with Crippen LogP contribution in [0.25, 0.3) is 0 Å². The molecule has 0 radical (unpaired) electrons. The average Bonchev–Trinajstić information content (AvgIpc) is 2.46. The van der Waals surface area contributed by atoms with Crippen LogP contribution in [0.2, 0.25) is 0 Å². The van der Waals surface area contributed by atoms with Gasteiger partial charge in [-0.3, -0.25) is 4.79 Å². The van der Waals surface area contributed by atoms with Crippen LogP contribution in [0.15, 0.2) is 12.1 Å². The van der Waals surface area contributed by atoms with E-state index in [4.69, 9.17) is 19.9 Å². The molecule has 0 aromatic heterocycles. The number of carbonyl (C=O) groups excluding carboxylic acids is 1. The molecule has 0 spiro atoms. The highest BCUT2D eigenvalue weighted by Crippen LogP contribution is 2.38. The number of rotatable bonds is 7. The zero-order valence-corrected chi connectivity index (χ0v) is 11.9. The highest BCUT2D eigenvalue weighted by molar-refractivity contribution is 5.99. The third-order valence-electron chi connectivity index (χ3n) is 3.10. The van der Waals surface area contributed by atoms with E-state index in [0.717, 1.165) is 0 Å². The molecule has 5 nitrogen and oxygen atoms in total. The minimum absolute atomic E-state index is 0.00995. The number of hydrogen-bond donors (Lipinski definition) is 1. The SMILES string of the molecule is CCC(CN)C(=O)c1cc(OC)c(OC)c(OC)c1. The third-order valence-corrected chi connectivity index (χ3v) is 3.10. The van der Waals surface area contributed by atoms with Crippen molar-refractivity contribution in [3.05, 3.63) is 17.7 Å². The molecule has 0 amide bonds. The molecule has 19 heavy (non-hydrogen) atoms. The molecule has 0 fully saturated rings. The maximum atomic E-state index is 12.3. The van der Waals surface area contributed by atoms with E-state index in [0.29, 0.717) is 35.8 Å². The highest BCUT2D eigenvalue weighted by atomic mass is 16.5. The van der Waals surface area contributed by atoms with E-state index >= 15 is 0 Å². The first kappa shape index (κ1) is 15.3. The van der Waals surface area contributed by atoms with Gasteiger partial charge in [0.2, 0.25) is 5.75 Å². The van der Waals surface area contributed by atoms with Gasteiger partial charge in [0.25, 0.3) is 0 Å². The number of ether oxygens (including phenoxy) is 3. The van der Waals surface area contributed by atoms with E-state index in [-0.39, 0.29) is 11.7 Å². The van der Waals surface area contributed by atoms with Gasteiger partial charge in [-0.25, -0.2) is 0 Å². The van der Waals surface area contributed by atoms with Crippen molar-refractivity contribution in [2.24, 2.45) is 11.7 Å². The number of Topliss-reactive ketones (excluding diaryl/α,β-unsaturated/α-hetero) is 1. The second-order valence-electron chi connectivity index (χ2n) is 4.12. The fourth-order valence-electron chi connectivity index (χ4n) is 1.92. The van der Waals surface area contributed by atoms with Crippen LogP contribution in [0.4, 0.5) is 0 Å². The summed E-state index contributed by atoms with van der Waals surface area (Å²) in [5, 5.41) is 0. The Morgan fingerprint density at radius 3 is 2.00 bits per heavy atom. The normalized spacial score (nSPS) is 11.8. The summed E-state index contributed by atoms with van der Waals surface area (Å²) in [6.45, 7) is 2.26. The fraction of sp³-hybridized carbons (Fsp3) is 0.500. The number of nitrogens with two attached hydrogens (primary N) is 1.